The molecule has 0 unspecified atom stereocenters. The number of fused-ring (bicyclic) bond motifs is 2. The fourth-order valence-electron chi connectivity index (χ4n) is 16.1. The summed E-state index contributed by atoms with van der Waals surface area (Å²) in [6, 6.07) is 145. The third kappa shape index (κ3) is 18.6. The monoisotopic (exact) mass is 1720 g/mol. The van der Waals surface area contributed by atoms with Gasteiger partial charge in [-0.25, -0.2) is 44.9 Å². The molecule has 134 heavy (non-hydrogen) atoms. The minimum absolute atomic E-state index is 0.602. The van der Waals surface area contributed by atoms with Crippen LogP contribution < -0.4 is 0 Å². The van der Waals surface area contributed by atoms with Crippen LogP contribution in [0.2, 0.25) is 0 Å². The Kier molecular flexibility index (Phi) is 23.7. The second-order valence-electron chi connectivity index (χ2n) is 31.7. The molecule has 0 aliphatic heterocycles. The molecule has 0 bridgehead atoms. The van der Waals surface area contributed by atoms with Crippen LogP contribution in [0.5, 0.6) is 0 Å². The molecule has 0 amide bonds. The molecule has 10 aromatic heterocycles. The number of hydrogen-bond acceptors (Lipinski definition) is 16. The van der Waals surface area contributed by atoms with Gasteiger partial charge in [-0.2, -0.15) is 0 Å². The molecule has 23 rings (SSSR count). The maximum atomic E-state index is 5.02. The molecule has 0 fully saturated rings. The first kappa shape index (κ1) is 82.4. The van der Waals surface area contributed by atoms with Gasteiger partial charge in [0.2, 0.25) is 0 Å². The Balaban J connectivity index is 0.000000121. The minimum Gasteiger partial charge on any atom is -0.256 e. The number of hydrogen-bond donors (Lipinski definition) is 0. The molecular weight excluding hydrogens is 1640 g/mol. The van der Waals surface area contributed by atoms with Crippen LogP contribution in [0.25, 0.3) is 225 Å². The molecule has 13 aromatic carbocycles. The quantitative estimate of drug-likeness (QED) is 0.0783. The van der Waals surface area contributed by atoms with Crippen molar-refractivity contribution in [3.8, 4) is 203 Å². The molecule has 0 saturated heterocycles. The maximum Gasteiger partial charge on any atom is 0.164 e. The number of para-hydroxylation sites is 2. The van der Waals surface area contributed by atoms with Crippen LogP contribution in [0.1, 0.15) is 0 Å². The first-order chi connectivity index (χ1) is 66.4. The highest BCUT2D eigenvalue weighted by Crippen LogP contribution is 2.38. The Morgan fingerprint density at radius 2 is 0.276 bits per heavy atom. The summed E-state index contributed by atoms with van der Waals surface area (Å²) in [6.07, 6.45) is 12.7. The molecule has 630 valence electrons. The molecule has 16 nitrogen and oxygen atoms in total. The van der Waals surface area contributed by atoms with Crippen LogP contribution in [0, 0.1) is 0 Å². The molecule has 0 aliphatic carbocycles. The molecule has 0 radical (unpaired) electrons. The fourth-order valence-corrected chi connectivity index (χ4v) is 16.1. The van der Waals surface area contributed by atoms with E-state index in [0.717, 1.165) is 162 Å². The zero-order valence-corrected chi connectivity index (χ0v) is 72.2. The van der Waals surface area contributed by atoms with Crippen molar-refractivity contribution in [2.75, 3.05) is 0 Å². The second-order valence-corrected chi connectivity index (χ2v) is 31.7. The van der Waals surface area contributed by atoms with E-state index in [1.54, 1.807) is 31.0 Å². The van der Waals surface area contributed by atoms with Gasteiger partial charge in [0, 0.05) is 132 Å². The van der Waals surface area contributed by atoms with Crippen molar-refractivity contribution in [3.05, 3.63) is 474 Å². The van der Waals surface area contributed by atoms with Crippen LogP contribution in [0.15, 0.2) is 474 Å². The van der Waals surface area contributed by atoms with Crippen molar-refractivity contribution < 1.29 is 0 Å². The first-order valence-electron chi connectivity index (χ1n) is 44.0. The Morgan fingerprint density at radius 3 is 0.485 bits per heavy atom. The zero-order valence-electron chi connectivity index (χ0n) is 72.2. The van der Waals surface area contributed by atoms with Gasteiger partial charge in [-0.1, -0.05) is 346 Å². The van der Waals surface area contributed by atoms with Gasteiger partial charge in [0.25, 0.3) is 0 Å². The van der Waals surface area contributed by atoms with Crippen LogP contribution in [0.4, 0.5) is 0 Å². The van der Waals surface area contributed by atoms with E-state index < -0.39 is 0 Å². The summed E-state index contributed by atoms with van der Waals surface area (Å²) in [7, 11) is 0. The van der Waals surface area contributed by atoms with E-state index in [0.29, 0.717) is 52.4 Å². The molecule has 0 atom stereocenters. The largest absolute Gasteiger partial charge is 0.256 e. The predicted octanol–water partition coefficient (Wildman–Crippen LogP) is 27.7. The third-order valence-corrected chi connectivity index (χ3v) is 23.1. The van der Waals surface area contributed by atoms with Gasteiger partial charge < -0.3 is 0 Å². The van der Waals surface area contributed by atoms with E-state index in [2.05, 4.69) is 229 Å². The molecule has 23 aromatic rings. The minimum atomic E-state index is 0.602. The highest BCUT2D eigenvalue weighted by molar-refractivity contribution is 5.96. The number of pyridine rings is 7. The lowest BCUT2D eigenvalue weighted by Gasteiger charge is -2.11. The highest BCUT2D eigenvalue weighted by atomic mass is 15.1. The van der Waals surface area contributed by atoms with Crippen LogP contribution in [0.3, 0.4) is 0 Å². The number of aromatic nitrogens is 16. The van der Waals surface area contributed by atoms with E-state index >= 15 is 0 Å². The molecule has 0 saturated carbocycles. The summed E-state index contributed by atoms with van der Waals surface area (Å²) in [5, 5.41) is 2.23. The number of nitrogens with zero attached hydrogens (tertiary/aromatic N) is 16. The van der Waals surface area contributed by atoms with Crippen molar-refractivity contribution in [1.29, 1.82) is 0 Å². The van der Waals surface area contributed by atoms with E-state index in [1.807, 2.05) is 249 Å². The summed E-state index contributed by atoms with van der Waals surface area (Å²) in [5.41, 5.74) is 29.0. The maximum absolute atomic E-state index is 5.02. The molecule has 0 aliphatic rings. The van der Waals surface area contributed by atoms with Gasteiger partial charge in [0.05, 0.1) is 39.5 Å². The van der Waals surface area contributed by atoms with E-state index in [-0.39, 0.29) is 0 Å². The van der Waals surface area contributed by atoms with Gasteiger partial charge >= 0.3 is 0 Å². The standard InChI is InChI=1S/C44H28N6.C38H26N4.C36H24N6/c1-3-10-40-37(7-1)35(24-27-46-40)29-12-18-32(19-13-29)42-48-43(50-44(49-42)34-22-16-31(17-23-34)39-9-5-6-26-45-39)33-20-14-30(15-21-33)36-25-28-47-41-11-4-2-8-38(36)41;1-3-9-27(10-4-1)29-14-20-32(21-15-29)36-40-37(33-22-16-30(17-23-33)28-11-5-2-6-12-28)42-38(41-36)34-24-18-31(19-25-34)35-13-7-8-26-39-35;1-4-22-37-31(7-1)25-10-16-28(17-11-25)34-40-35(29-18-12-26(13-19-29)32-8-2-5-23-38-32)42-36(41-34)30-20-14-27(15-21-30)33-9-3-6-24-39-33/h1-28H;1-26H;1-24H. The van der Waals surface area contributed by atoms with Gasteiger partial charge in [0.1, 0.15) is 0 Å². The lowest BCUT2D eigenvalue weighted by Crippen LogP contribution is -2.00. The van der Waals surface area contributed by atoms with Gasteiger partial charge in [0.15, 0.2) is 52.4 Å². The molecular formula is C118H78N16. The summed E-state index contributed by atoms with van der Waals surface area (Å²) in [6.45, 7) is 0. The van der Waals surface area contributed by atoms with E-state index in [9.17, 15) is 0 Å². The van der Waals surface area contributed by atoms with Gasteiger partial charge in [-0.3, -0.25) is 34.9 Å². The summed E-state index contributed by atoms with van der Waals surface area (Å²) >= 11 is 0. The lowest BCUT2D eigenvalue weighted by atomic mass is 9.99. The zero-order chi connectivity index (χ0) is 89.6. The van der Waals surface area contributed by atoms with Crippen molar-refractivity contribution >= 4 is 21.8 Å². The van der Waals surface area contributed by atoms with Crippen molar-refractivity contribution in [3.63, 3.8) is 0 Å². The smallest absolute Gasteiger partial charge is 0.164 e. The van der Waals surface area contributed by atoms with Crippen molar-refractivity contribution in [2.45, 2.75) is 0 Å². The summed E-state index contributed by atoms with van der Waals surface area (Å²) in [4.78, 5) is 76.0. The van der Waals surface area contributed by atoms with Gasteiger partial charge in [-0.15, -0.1) is 0 Å². The van der Waals surface area contributed by atoms with E-state index in [1.165, 1.54) is 11.1 Å². The topological polar surface area (TPSA) is 206 Å². The number of rotatable bonds is 18. The number of benzene rings is 13. The highest BCUT2D eigenvalue weighted by Gasteiger charge is 2.20. The predicted molar refractivity (Wildman–Crippen MR) is 537 cm³/mol. The Bertz CT molecular complexity index is 7040. The van der Waals surface area contributed by atoms with E-state index in [4.69, 9.17) is 44.9 Å². The molecule has 10 heterocycles. The van der Waals surface area contributed by atoms with Gasteiger partial charge in [-0.05, 0) is 129 Å². The molecule has 0 N–H and O–H groups in total. The fraction of sp³-hybridized carbons (Fsp3) is 0. The lowest BCUT2D eigenvalue weighted by molar-refractivity contribution is 1.07. The first-order valence-corrected chi connectivity index (χ1v) is 44.0. The summed E-state index contributed by atoms with van der Waals surface area (Å²) in [5.74, 6) is 5.52. The third-order valence-electron chi connectivity index (χ3n) is 23.1. The average molecular weight is 1720 g/mol. The van der Waals surface area contributed by atoms with Crippen molar-refractivity contribution in [1.82, 2.24) is 79.7 Å². The second kappa shape index (κ2) is 38.6. The molecule has 16 heteroatoms. The SMILES string of the molecule is c1ccc(-c2ccc(-c3nc(-c4ccc(-c5ccccc5)cc4)nc(-c4ccc(-c5ccccn5)cc4)n3)cc2)cc1.c1ccc(-c2ccc(-c3nc(-c4ccc(-c5ccccn5)cc4)nc(-c4ccc(-c5ccccn5)cc4)n3)cc2)nc1.c1ccc(-c2ccc(-c3nc(-c4ccc(-c5ccnc6ccccc56)cc4)nc(-c4ccc(-c5ccnc6ccccc56)cc4)n3)cc2)nc1. The normalized spacial score (nSPS) is 11.0. The average Bonchev–Trinajstić information content (AvgIpc) is 0.794. The van der Waals surface area contributed by atoms with Crippen LogP contribution in [-0.4, -0.2) is 79.7 Å². The van der Waals surface area contributed by atoms with Crippen LogP contribution in [-0.2, 0) is 0 Å². The summed E-state index contributed by atoms with van der Waals surface area (Å²) < 4.78 is 0. The Morgan fingerprint density at radius 1 is 0.104 bits per heavy atom. The molecule has 0 spiro atoms. The van der Waals surface area contributed by atoms with Crippen molar-refractivity contribution in [2.24, 2.45) is 0 Å². The van der Waals surface area contributed by atoms with Crippen LogP contribution >= 0.6 is 0 Å². The Hall–Kier alpha value is -18.5. The Labute approximate surface area is 773 Å².